The van der Waals surface area contributed by atoms with Gasteiger partial charge in [0.05, 0.1) is 10.6 Å². The lowest BCUT2D eigenvalue weighted by molar-refractivity contribution is 0.112. The predicted octanol–water partition coefficient (Wildman–Crippen LogP) is 3.10. The normalized spacial score (nSPS) is 11.9. The van der Waals surface area contributed by atoms with Gasteiger partial charge in [-0.3, -0.25) is 4.79 Å². The zero-order valence-corrected chi connectivity index (χ0v) is 11.7. The minimum Gasteiger partial charge on any atom is -0.349 e. The van der Waals surface area contributed by atoms with E-state index in [1.165, 1.54) is 11.3 Å². The van der Waals surface area contributed by atoms with Crippen molar-refractivity contribution < 1.29 is 4.79 Å². The summed E-state index contributed by atoms with van der Waals surface area (Å²) in [5.74, 6) is 0. The average Bonchev–Trinajstić information content (AvgIpc) is 2.59. The molecule has 90 valence electrons. The third-order valence-electron chi connectivity index (χ3n) is 2.54. The smallest absolute Gasteiger partial charge is 0.186 e. The van der Waals surface area contributed by atoms with Crippen molar-refractivity contribution in [3.63, 3.8) is 0 Å². The van der Waals surface area contributed by atoms with E-state index in [1.54, 1.807) is 0 Å². The molecular weight excluding hydrogens is 220 g/mol. The van der Waals surface area contributed by atoms with Gasteiger partial charge in [0.25, 0.3) is 0 Å². The van der Waals surface area contributed by atoms with Crippen molar-refractivity contribution in [1.29, 1.82) is 0 Å². The number of carbonyl (C=O) groups excluding carboxylic acids is 1. The fourth-order valence-corrected chi connectivity index (χ4v) is 2.49. The van der Waals surface area contributed by atoms with Gasteiger partial charge in [-0.1, -0.05) is 32.1 Å². The molecular formula is C12H20N2OS. The van der Waals surface area contributed by atoms with E-state index in [0.29, 0.717) is 6.04 Å². The third kappa shape index (κ3) is 2.61. The molecule has 0 aromatic carbocycles. The van der Waals surface area contributed by atoms with Crippen LogP contribution in [0.15, 0.2) is 0 Å². The Bertz CT molecular complexity index is 377. The van der Waals surface area contributed by atoms with E-state index >= 15 is 0 Å². The minimum absolute atomic E-state index is 0.0805. The largest absolute Gasteiger partial charge is 0.349 e. The first-order valence-corrected chi connectivity index (χ1v) is 6.28. The van der Waals surface area contributed by atoms with Gasteiger partial charge in [-0.15, -0.1) is 0 Å². The fraction of sp³-hybridized carbons (Fsp3) is 0.667. The summed E-state index contributed by atoms with van der Waals surface area (Å²) in [6, 6.07) is 0.387. The summed E-state index contributed by atoms with van der Waals surface area (Å²) >= 11 is 1.47. The molecule has 0 unspecified atom stereocenters. The molecule has 4 heteroatoms. The lowest BCUT2D eigenvalue weighted by Gasteiger charge is -2.20. The van der Waals surface area contributed by atoms with Gasteiger partial charge in [0, 0.05) is 18.5 Å². The topological polar surface area (TPSA) is 33.2 Å². The van der Waals surface area contributed by atoms with Crippen LogP contribution in [-0.2, 0) is 5.41 Å². The van der Waals surface area contributed by atoms with Gasteiger partial charge in [0.2, 0.25) is 0 Å². The standard InChI is InChI=1S/C12H20N2OS/c1-8(2)14(6)11-13-10(12(3,4)5)9(7-15)16-11/h7-8H,1-6H3. The van der Waals surface area contributed by atoms with E-state index in [0.717, 1.165) is 22.0 Å². The molecule has 0 N–H and O–H groups in total. The van der Waals surface area contributed by atoms with Crippen LogP contribution in [0, 0.1) is 0 Å². The maximum Gasteiger partial charge on any atom is 0.186 e. The Morgan fingerprint density at radius 2 is 1.94 bits per heavy atom. The first-order valence-electron chi connectivity index (χ1n) is 5.46. The highest BCUT2D eigenvalue weighted by Gasteiger charge is 2.24. The zero-order chi connectivity index (χ0) is 12.5. The van der Waals surface area contributed by atoms with Gasteiger partial charge in [0.1, 0.15) is 0 Å². The molecule has 1 aromatic rings. The summed E-state index contributed by atoms with van der Waals surface area (Å²) in [7, 11) is 2.00. The highest BCUT2D eigenvalue weighted by Crippen LogP contribution is 2.32. The van der Waals surface area contributed by atoms with E-state index in [1.807, 2.05) is 7.05 Å². The Labute approximate surface area is 101 Å². The van der Waals surface area contributed by atoms with Gasteiger partial charge < -0.3 is 4.90 Å². The summed E-state index contributed by atoms with van der Waals surface area (Å²) in [5.41, 5.74) is 0.818. The van der Waals surface area contributed by atoms with Gasteiger partial charge in [-0.25, -0.2) is 4.98 Å². The second-order valence-corrected chi connectivity index (χ2v) is 6.29. The summed E-state index contributed by atoms with van der Waals surface area (Å²) in [5, 5.41) is 0.919. The number of anilines is 1. The van der Waals surface area contributed by atoms with Gasteiger partial charge >= 0.3 is 0 Å². The van der Waals surface area contributed by atoms with Gasteiger partial charge in [0.15, 0.2) is 11.4 Å². The minimum atomic E-state index is -0.0805. The quantitative estimate of drug-likeness (QED) is 0.761. The van der Waals surface area contributed by atoms with Crippen LogP contribution in [0.2, 0.25) is 0 Å². The summed E-state index contributed by atoms with van der Waals surface area (Å²) in [6.45, 7) is 10.5. The Morgan fingerprint density at radius 1 is 1.38 bits per heavy atom. The van der Waals surface area contributed by atoms with Crippen molar-refractivity contribution in [2.45, 2.75) is 46.1 Å². The second kappa shape index (κ2) is 4.53. The Kier molecular flexibility index (Phi) is 3.73. The number of nitrogens with zero attached hydrogens (tertiary/aromatic N) is 2. The monoisotopic (exact) mass is 240 g/mol. The molecule has 0 bridgehead atoms. The summed E-state index contributed by atoms with van der Waals surface area (Å²) < 4.78 is 0. The van der Waals surface area contributed by atoms with E-state index < -0.39 is 0 Å². The molecule has 0 radical (unpaired) electrons. The van der Waals surface area contributed by atoms with Crippen LogP contribution in [0.1, 0.15) is 50.0 Å². The van der Waals surface area contributed by atoms with Crippen LogP contribution in [0.25, 0.3) is 0 Å². The maximum absolute atomic E-state index is 11.0. The Hall–Kier alpha value is -0.900. The molecule has 0 amide bonds. The fourth-order valence-electron chi connectivity index (χ4n) is 1.31. The van der Waals surface area contributed by atoms with E-state index in [-0.39, 0.29) is 5.41 Å². The zero-order valence-electron chi connectivity index (χ0n) is 10.9. The number of thiazole rings is 1. The molecule has 0 saturated carbocycles. The van der Waals surface area contributed by atoms with Crippen molar-refractivity contribution in [2.75, 3.05) is 11.9 Å². The molecule has 1 heterocycles. The second-order valence-electron chi connectivity index (χ2n) is 5.28. The van der Waals surface area contributed by atoms with Crippen LogP contribution in [0.5, 0.6) is 0 Å². The Morgan fingerprint density at radius 3 is 2.25 bits per heavy atom. The number of carbonyl (C=O) groups is 1. The predicted molar refractivity (Wildman–Crippen MR) is 69.7 cm³/mol. The van der Waals surface area contributed by atoms with Gasteiger partial charge in [-0.2, -0.15) is 0 Å². The lowest BCUT2D eigenvalue weighted by atomic mass is 9.91. The number of aromatic nitrogens is 1. The molecule has 0 spiro atoms. The molecule has 16 heavy (non-hydrogen) atoms. The number of aldehydes is 1. The molecule has 3 nitrogen and oxygen atoms in total. The van der Waals surface area contributed by atoms with Gasteiger partial charge in [-0.05, 0) is 13.8 Å². The Balaban J connectivity index is 3.18. The first kappa shape index (κ1) is 13.2. The molecule has 0 fully saturated rings. The van der Waals surface area contributed by atoms with E-state index in [9.17, 15) is 4.79 Å². The molecule has 0 aliphatic heterocycles. The van der Waals surface area contributed by atoms with Crippen molar-refractivity contribution in [1.82, 2.24) is 4.98 Å². The van der Waals surface area contributed by atoms with Crippen molar-refractivity contribution in [3.8, 4) is 0 Å². The maximum atomic E-state index is 11.0. The first-order chi connectivity index (χ1) is 7.27. The summed E-state index contributed by atoms with van der Waals surface area (Å²) in [4.78, 5) is 18.5. The van der Waals surface area contributed by atoms with Crippen LogP contribution >= 0.6 is 11.3 Å². The van der Waals surface area contributed by atoms with Crippen LogP contribution < -0.4 is 4.90 Å². The molecule has 0 aliphatic rings. The molecule has 0 atom stereocenters. The average molecular weight is 240 g/mol. The lowest BCUT2D eigenvalue weighted by Crippen LogP contribution is -2.25. The van der Waals surface area contributed by atoms with Crippen molar-refractivity contribution >= 4 is 22.8 Å². The summed E-state index contributed by atoms with van der Waals surface area (Å²) in [6.07, 6.45) is 0.913. The highest BCUT2D eigenvalue weighted by atomic mass is 32.1. The number of rotatable bonds is 3. The molecule has 1 rings (SSSR count). The third-order valence-corrected chi connectivity index (χ3v) is 3.61. The SMILES string of the molecule is CC(C)N(C)c1nc(C(C)(C)C)c(C=O)s1. The molecule has 1 aromatic heterocycles. The highest BCUT2D eigenvalue weighted by molar-refractivity contribution is 7.17. The van der Waals surface area contributed by atoms with E-state index in [4.69, 9.17) is 0 Å². The number of hydrogen-bond acceptors (Lipinski definition) is 4. The molecule has 0 aliphatic carbocycles. The van der Waals surface area contributed by atoms with Crippen LogP contribution in [-0.4, -0.2) is 24.4 Å². The molecule has 0 saturated heterocycles. The van der Waals surface area contributed by atoms with Crippen LogP contribution in [0.3, 0.4) is 0 Å². The van der Waals surface area contributed by atoms with Crippen molar-refractivity contribution in [3.05, 3.63) is 10.6 Å². The number of hydrogen-bond donors (Lipinski definition) is 0. The van der Waals surface area contributed by atoms with Crippen LogP contribution in [0.4, 0.5) is 5.13 Å². The van der Waals surface area contributed by atoms with Crippen molar-refractivity contribution in [2.24, 2.45) is 0 Å². The van der Waals surface area contributed by atoms with E-state index in [2.05, 4.69) is 44.5 Å².